The summed E-state index contributed by atoms with van der Waals surface area (Å²) in [4.78, 5) is 23.4. The molecule has 1 rings (SSSR count). The summed E-state index contributed by atoms with van der Waals surface area (Å²) in [6.45, 7) is 5.50. The predicted octanol–water partition coefficient (Wildman–Crippen LogP) is 1.57. The van der Waals surface area contributed by atoms with Gasteiger partial charge in [0.1, 0.15) is 0 Å². The van der Waals surface area contributed by atoms with Crippen molar-refractivity contribution in [2.45, 2.75) is 26.3 Å². The van der Waals surface area contributed by atoms with Crippen LogP contribution in [0.3, 0.4) is 0 Å². The third-order valence-electron chi connectivity index (χ3n) is 2.18. The molecule has 0 saturated heterocycles. The average Bonchev–Trinajstić information content (AvgIpc) is 2.23. The van der Waals surface area contributed by atoms with Crippen LogP contribution in [-0.4, -0.2) is 23.9 Å². The molecule has 0 radical (unpaired) electrons. The van der Waals surface area contributed by atoms with Gasteiger partial charge in [-0.15, -0.1) is 0 Å². The first-order valence-corrected chi connectivity index (χ1v) is 6.21. The molecule has 0 atom stereocenters. The lowest BCUT2D eigenvalue weighted by Gasteiger charge is -2.20. The molecule has 0 aliphatic carbocycles. The largest absolute Gasteiger partial charge is 0.398 e. The maximum atomic E-state index is 11.8. The van der Waals surface area contributed by atoms with E-state index in [0.29, 0.717) is 10.6 Å². The third-order valence-corrected chi connectivity index (χ3v) is 2.42. The van der Waals surface area contributed by atoms with Gasteiger partial charge in [0.2, 0.25) is 5.91 Å². The van der Waals surface area contributed by atoms with Crippen LogP contribution in [0, 0.1) is 0 Å². The molecule has 0 bridgehead atoms. The number of hydrogen-bond donors (Lipinski definition) is 3. The Morgan fingerprint density at radius 2 is 1.95 bits per heavy atom. The van der Waals surface area contributed by atoms with Gasteiger partial charge in [0.25, 0.3) is 5.91 Å². The molecule has 0 heterocycles. The molecule has 0 aromatic heterocycles. The molecule has 19 heavy (non-hydrogen) atoms. The third kappa shape index (κ3) is 5.18. The van der Waals surface area contributed by atoms with Gasteiger partial charge in [-0.25, -0.2) is 0 Å². The minimum atomic E-state index is -0.404. The van der Waals surface area contributed by atoms with Crippen molar-refractivity contribution in [3.8, 4) is 0 Å². The fraction of sp³-hybridized carbons (Fsp3) is 0.385. The van der Waals surface area contributed by atoms with Crippen LogP contribution < -0.4 is 16.4 Å². The number of benzene rings is 1. The number of nitrogens with one attached hydrogen (secondary N) is 2. The summed E-state index contributed by atoms with van der Waals surface area (Å²) in [6, 6.07) is 4.59. The minimum absolute atomic E-state index is 0.0990. The summed E-state index contributed by atoms with van der Waals surface area (Å²) in [5.74, 6) is -0.661. The van der Waals surface area contributed by atoms with Crippen LogP contribution in [0.5, 0.6) is 0 Å². The Kier molecular flexibility index (Phi) is 4.78. The molecule has 1 aromatic carbocycles. The zero-order valence-corrected chi connectivity index (χ0v) is 12.0. The smallest absolute Gasteiger partial charge is 0.253 e. The Morgan fingerprint density at radius 1 is 1.32 bits per heavy atom. The Labute approximate surface area is 117 Å². The normalized spacial score (nSPS) is 10.9. The molecule has 2 amide bonds. The summed E-state index contributed by atoms with van der Waals surface area (Å²) in [5, 5.41) is 5.71. The monoisotopic (exact) mass is 283 g/mol. The van der Waals surface area contributed by atoms with Crippen molar-refractivity contribution in [1.29, 1.82) is 0 Å². The van der Waals surface area contributed by atoms with Crippen molar-refractivity contribution in [3.05, 3.63) is 28.8 Å². The second kappa shape index (κ2) is 5.93. The molecule has 0 spiro atoms. The number of anilines is 1. The Balaban J connectivity index is 2.59. The molecule has 1 aromatic rings. The molecule has 5 nitrogen and oxygen atoms in total. The standard InChI is InChI=1S/C13H18ClN3O2/c1-13(2,3)17-11(18)7-16-12(19)9-5-4-8(14)6-10(9)15/h4-6H,7,15H2,1-3H3,(H,16,19)(H,17,18). The van der Waals surface area contributed by atoms with Gasteiger partial charge >= 0.3 is 0 Å². The van der Waals surface area contributed by atoms with E-state index >= 15 is 0 Å². The number of amides is 2. The van der Waals surface area contributed by atoms with Gasteiger partial charge in [0.15, 0.2) is 0 Å². The lowest BCUT2D eigenvalue weighted by molar-refractivity contribution is -0.121. The Morgan fingerprint density at radius 3 is 2.47 bits per heavy atom. The van der Waals surface area contributed by atoms with Gasteiger partial charge in [-0.3, -0.25) is 9.59 Å². The van der Waals surface area contributed by atoms with Crippen LogP contribution in [0.25, 0.3) is 0 Å². The first-order chi connectivity index (χ1) is 8.69. The lowest BCUT2D eigenvalue weighted by atomic mass is 10.1. The highest BCUT2D eigenvalue weighted by Crippen LogP contribution is 2.17. The SMILES string of the molecule is CC(C)(C)NC(=O)CNC(=O)c1ccc(Cl)cc1N. The molecular formula is C13H18ClN3O2. The minimum Gasteiger partial charge on any atom is -0.398 e. The number of nitrogens with two attached hydrogens (primary N) is 1. The molecule has 6 heteroatoms. The molecule has 0 unspecified atom stereocenters. The first-order valence-electron chi connectivity index (χ1n) is 5.83. The van der Waals surface area contributed by atoms with E-state index in [1.165, 1.54) is 12.1 Å². The van der Waals surface area contributed by atoms with Gasteiger partial charge in [-0.05, 0) is 39.0 Å². The molecule has 104 valence electrons. The fourth-order valence-corrected chi connectivity index (χ4v) is 1.64. The zero-order chi connectivity index (χ0) is 14.6. The van der Waals surface area contributed by atoms with Crippen LogP contribution in [0.15, 0.2) is 18.2 Å². The average molecular weight is 284 g/mol. The van der Waals surface area contributed by atoms with Gasteiger partial charge in [-0.1, -0.05) is 11.6 Å². The lowest BCUT2D eigenvalue weighted by Crippen LogP contribution is -2.45. The second-order valence-electron chi connectivity index (χ2n) is 5.21. The van der Waals surface area contributed by atoms with Gasteiger partial charge in [0, 0.05) is 16.2 Å². The number of carbonyl (C=O) groups excluding carboxylic acids is 2. The number of rotatable bonds is 3. The first kappa shape index (κ1) is 15.3. The topological polar surface area (TPSA) is 84.2 Å². The number of hydrogen-bond acceptors (Lipinski definition) is 3. The van der Waals surface area contributed by atoms with Gasteiger partial charge < -0.3 is 16.4 Å². The van der Waals surface area contributed by atoms with E-state index in [4.69, 9.17) is 17.3 Å². The summed E-state index contributed by atoms with van der Waals surface area (Å²) in [7, 11) is 0. The molecule has 0 saturated carbocycles. The van der Waals surface area contributed by atoms with E-state index in [2.05, 4.69) is 10.6 Å². The van der Waals surface area contributed by atoms with Crippen molar-refractivity contribution >= 4 is 29.1 Å². The van der Waals surface area contributed by atoms with Crippen molar-refractivity contribution in [2.24, 2.45) is 0 Å². The predicted molar refractivity (Wildman–Crippen MR) is 76.1 cm³/mol. The quantitative estimate of drug-likeness (QED) is 0.736. The van der Waals surface area contributed by atoms with E-state index in [1.807, 2.05) is 20.8 Å². The molecule has 0 aliphatic rings. The maximum absolute atomic E-state index is 11.8. The second-order valence-corrected chi connectivity index (χ2v) is 5.65. The molecule has 0 aliphatic heterocycles. The van der Waals surface area contributed by atoms with Crippen molar-refractivity contribution in [1.82, 2.24) is 10.6 Å². The number of nitrogen functional groups attached to an aromatic ring is 1. The zero-order valence-electron chi connectivity index (χ0n) is 11.2. The van der Waals surface area contributed by atoms with Crippen molar-refractivity contribution in [2.75, 3.05) is 12.3 Å². The highest BCUT2D eigenvalue weighted by atomic mass is 35.5. The Bertz CT molecular complexity index is 495. The van der Waals surface area contributed by atoms with E-state index in [-0.39, 0.29) is 23.7 Å². The van der Waals surface area contributed by atoms with E-state index in [1.54, 1.807) is 6.07 Å². The summed E-state index contributed by atoms with van der Waals surface area (Å²) < 4.78 is 0. The van der Waals surface area contributed by atoms with Crippen LogP contribution in [0.4, 0.5) is 5.69 Å². The number of halogens is 1. The van der Waals surface area contributed by atoms with E-state index < -0.39 is 5.91 Å². The van der Waals surface area contributed by atoms with Crippen LogP contribution in [0.2, 0.25) is 5.02 Å². The number of carbonyl (C=O) groups is 2. The Hall–Kier alpha value is -1.75. The molecular weight excluding hydrogens is 266 g/mol. The van der Waals surface area contributed by atoms with Crippen molar-refractivity contribution in [3.63, 3.8) is 0 Å². The van der Waals surface area contributed by atoms with E-state index in [0.717, 1.165) is 0 Å². The highest BCUT2D eigenvalue weighted by Gasteiger charge is 2.15. The molecule has 4 N–H and O–H groups in total. The van der Waals surface area contributed by atoms with E-state index in [9.17, 15) is 9.59 Å². The van der Waals surface area contributed by atoms with Crippen LogP contribution >= 0.6 is 11.6 Å². The summed E-state index contributed by atoms with van der Waals surface area (Å²) in [5.41, 5.74) is 5.93. The van der Waals surface area contributed by atoms with Gasteiger partial charge in [-0.2, -0.15) is 0 Å². The van der Waals surface area contributed by atoms with Crippen LogP contribution in [0.1, 0.15) is 31.1 Å². The van der Waals surface area contributed by atoms with Crippen molar-refractivity contribution < 1.29 is 9.59 Å². The highest BCUT2D eigenvalue weighted by molar-refractivity contribution is 6.31. The summed E-state index contributed by atoms with van der Waals surface area (Å²) >= 11 is 5.75. The summed E-state index contributed by atoms with van der Waals surface area (Å²) in [6.07, 6.45) is 0. The van der Waals surface area contributed by atoms with Gasteiger partial charge in [0.05, 0.1) is 12.1 Å². The fourth-order valence-electron chi connectivity index (χ4n) is 1.46. The maximum Gasteiger partial charge on any atom is 0.253 e. The van der Waals surface area contributed by atoms with Crippen LogP contribution in [-0.2, 0) is 4.79 Å². The molecule has 0 fully saturated rings.